The molecular weight excluding hydrogens is 428 g/mol. The number of carbonyl (C=O) groups excluding carboxylic acids is 1. The van der Waals surface area contributed by atoms with Gasteiger partial charge in [-0.2, -0.15) is 4.98 Å². The fraction of sp³-hybridized carbons (Fsp3) is 0.148. The van der Waals surface area contributed by atoms with Crippen molar-refractivity contribution in [1.29, 1.82) is 0 Å². The molecule has 0 fully saturated rings. The Kier molecular flexibility index (Phi) is 5.82. The summed E-state index contributed by atoms with van der Waals surface area (Å²) in [6.07, 6.45) is 2.26. The SMILES string of the molecule is COc1cc(OC)cc(C2Cc3cnc(Nc4ccccc4)nc3N(c3ccccc3)C2=O)c1. The Bertz CT molecular complexity index is 1290. The van der Waals surface area contributed by atoms with Crippen molar-refractivity contribution < 1.29 is 14.3 Å². The van der Waals surface area contributed by atoms with Gasteiger partial charge in [0, 0.05) is 23.5 Å². The number of fused-ring (bicyclic) bond motifs is 1. The zero-order valence-electron chi connectivity index (χ0n) is 18.9. The van der Waals surface area contributed by atoms with Crippen LogP contribution in [0.4, 0.5) is 23.1 Å². The van der Waals surface area contributed by atoms with E-state index in [1.54, 1.807) is 31.4 Å². The van der Waals surface area contributed by atoms with E-state index < -0.39 is 5.92 Å². The van der Waals surface area contributed by atoms with Crippen LogP contribution in [0, 0.1) is 0 Å². The highest BCUT2D eigenvalue weighted by Crippen LogP contribution is 2.40. The number of para-hydroxylation sites is 2. The fourth-order valence-corrected chi connectivity index (χ4v) is 4.13. The number of nitrogens with one attached hydrogen (secondary N) is 1. The number of anilines is 4. The molecular formula is C27H24N4O3. The van der Waals surface area contributed by atoms with E-state index in [9.17, 15) is 4.79 Å². The summed E-state index contributed by atoms with van der Waals surface area (Å²) in [4.78, 5) is 24.9. The monoisotopic (exact) mass is 452 g/mol. The summed E-state index contributed by atoms with van der Waals surface area (Å²) in [6, 6.07) is 24.8. The molecule has 1 aliphatic rings. The van der Waals surface area contributed by atoms with Crippen LogP contribution in [0.2, 0.25) is 0 Å². The molecule has 1 amide bonds. The van der Waals surface area contributed by atoms with Gasteiger partial charge in [-0.25, -0.2) is 4.98 Å². The Morgan fingerprint density at radius 1 is 0.912 bits per heavy atom. The minimum atomic E-state index is -0.437. The number of benzene rings is 3. The van der Waals surface area contributed by atoms with Crippen LogP contribution in [0.5, 0.6) is 11.5 Å². The minimum Gasteiger partial charge on any atom is -0.497 e. The van der Waals surface area contributed by atoms with E-state index in [1.807, 2.05) is 72.8 Å². The highest BCUT2D eigenvalue weighted by atomic mass is 16.5. The topological polar surface area (TPSA) is 76.6 Å². The lowest BCUT2D eigenvalue weighted by Crippen LogP contribution is -2.38. The standard InChI is InChI=1S/C27H24N4O3/c1-33-22-13-18(14-23(16-22)34-2)24-15-19-17-28-27(29-20-9-5-3-6-10-20)30-25(19)31(26(24)32)21-11-7-4-8-12-21/h3-14,16-17,24H,15H2,1-2H3,(H,28,29,30). The molecule has 0 spiro atoms. The maximum absolute atomic E-state index is 13.9. The number of amides is 1. The van der Waals surface area contributed by atoms with Crippen molar-refractivity contribution in [3.63, 3.8) is 0 Å². The van der Waals surface area contributed by atoms with Crippen molar-refractivity contribution in [1.82, 2.24) is 9.97 Å². The molecule has 1 aliphatic heterocycles. The summed E-state index contributed by atoms with van der Waals surface area (Å²) in [5, 5.41) is 3.22. The van der Waals surface area contributed by atoms with E-state index in [0.717, 1.165) is 22.5 Å². The Morgan fingerprint density at radius 2 is 1.56 bits per heavy atom. The van der Waals surface area contributed by atoms with Crippen LogP contribution in [-0.4, -0.2) is 30.1 Å². The number of hydrogen-bond donors (Lipinski definition) is 1. The molecule has 1 atom stereocenters. The molecule has 0 radical (unpaired) electrons. The van der Waals surface area contributed by atoms with Gasteiger partial charge < -0.3 is 14.8 Å². The summed E-state index contributed by atoms with van der Waals surface area (Å²) in [5.74, 6) is 1.78. The van der Waals surface area contributed by atoms with Gasteiger partial charge in [0.05, 0.1) is 25.8 Å². The van der Waals surface area contributed by atoms with Crippen LogP contribution in [0.15, 0.2) is 85.1 Å². The molecule has 1 unspecified atom stereocenters. The molecule has 0 aliphatic carbocycles. The molecule has 4 aromatic rings. The molecule has 7 nitrogen and oxygen atoms in total. The van der Waals surface area contributed by atoms with Crippen LogP contribution in [0.3, 0.4) is 0 Å². The second kappa shape index (κ2) is 9.23. The normalized spacial score (nSPS) is 14.9. The highest BCUT2D eigenvalue weighted by Gasteiger charge is 2.37. The lowest BCUT2D eigenvalue weighted by molar-refractivity contribution is -0.119. The van der Waals surface area contributed by atoms with Crippen molar-refractivity contribution in [2.45, 2.75) is 12.3 Å². The van der Waals surface area contributed by atoms with E-state index in [1.165, 1.54) is 0 Å². The predicted octanol–water partition coefficient (Wildman–Crippen LogP) is 5.24. The summed E-state index contributed by atoms with van der Waals surface area (Å²) >= 11 is 0. The van der Waals surface area contributed by atoms with Crippen molar-refractivity contribution in [2.24, 2.45) is 0 Å². The average molecular weight is 453 g/mol. The van der Waals surface area contributed by atoms with Crippen molar-refractivity contribution in [3.8, 4) is 11.5 Å². The molecule has 7 heteroatoms. The van der Waals surface area contributed by atoms with E-state index in [0.29, 0.717) is 29.7 Å². The Morgan fingerprint density at radius 3 is 2.21 bits per heavy atom. The second-order valence-corrected chi connectivity index (χ2v) is 7.95. The number of nitrogens with zero attached hydrogens (tertiary/aromatic N) is 3. The summed E-state index contributed by atoms with van der Waals surface area (Å²) in [7, 11) is 3.20. The highest BCUT2D eigenvalue weighted by molar-refractivity contribution is 6.06. The lowest BCUT2D eigenvalue weighted by Gasteiger charge is -2.33. The Balaban J connectivity index is 1.59. The fourth-order valence-electron chi connectivity index (χ4n) is 4.13. The van der Waals surface area contributed by atoms with Crippen molar-refractivity contribution >= 4 is 29.0 Å². The zero-order chi connectivity index (χ0) is 23.5. The maximum atomic E-state index is 13.9. The number of rotatable bonds is 6. The third-order valence-electron chi connectivity index (χ3n) is 5.82. The smallest absolute Gasteiger partial charge is 0.240 e. The van der Waals surface area contributed by atoms with Gasteiger partial charge in [-0.1, -0.05) is 36.4 Å². The largest absolute Gasteiger partial charge is 0.497 e. The molecule has 1 N–H and O–H groups in total. The Labute approximate surface area is 198 Å². The molecule has 2 heterocycles. The Hall–Kier alpha value is -4.39. The van der Waals surface area contributed by atoms with Gasteiger partial charge in [-0.05, 0) is 48.4 Å². The zero-order valence-corrected chi connectivity index (χ0v) is 18.9. The molecule has 0 bridgehead atoms. The molecule has 34 heavy (non-hydrogen) atoms. The van der Waals surface area contributed by atoms with E-state index >= 15 is 0 Å². The molecule has 170 valence electrons. The summed E-state index contributed by atoms with van der Waals surface area (Å²) < 4.78 is 10.9. The van der Waals surface area contributed by atoms with Gasteiger partial charge in [0.2, 0.25) is 11.9 Å². The molecule has 0 saturated carbocycles. The first-order chi connectivity index (χ1) is 16.7. The van der Waals surface area contributed by atoms with Crippen LogP contribution < -0.4 is 19.7 Å². The quantitative estimate of drug-likeness (QED) is 0.431. The van der Waals surface area contributed by atoms with E-state index in [2.05, 4.69) is 10.3 Å². The number of carbonyl (C=O) groups is 1. The minimum absolute atomic E-state index is 0.0710. The third kappa shape index (κ3) is 4.15. The number of ether oxygens (including phenoxy) is 2. The first-order valence-corrected chi connectivity index (χ1v) is 11.0. The third-order valence-corrected chi connectivity index (χ3v) is 5.82. The van der Waals surface area contributed by atoms with Crippen LogP contribution in [0.1, 0.15) is 17.0 Å². The maximum Gasteiger partial charge on any atom is 0.240 e. The lowest BCUT2D eigenvalue weighted by atomic mass is 9.87. The van der Waals surface area contributed by atoms with E-state index in [4.69, 9.17) is 14.5 Å². The van der Waals surface area contributed by atoms with Crippen LogP contribution in [0.25, 0.3) is 0 Å². The first kappa shape index (κ1) is 21.5. The molecule has 5 rings (SSSR count). The summed E-state index contributed by atoms with van der Waals surface area (Å²) in [5.41, 5.74) is 3.32. The van der Waals surface area contributed by atoms with E-state index in [-0.39, 0.29) is 5.91 Å². The molecule has 0 saturated heterocycles. The number of hydrogen-bond acceptors (Lipinski definition) is 6. The van der Waals surface area contributed by atoms with Crippen molar-refractivity contribution in [2.75, 3.05) is 24.4 Å². The van der Waals surface area contributed by atoms with Gasteiger partial charge in [0.1, 0.15) is 17.3 Å². The first-order valence-electron chi connectivity index (χ1n) is 11.0. The van der Waals surface area contributed by atoms with Gasteiger partial charge >= 0.3 is 0 Å². The summed E-state index contributed by atoms with van der Waals surface area (Å²) in [6.45, 7) is 0. The van der Waals surface area contributed by atoms with Crippen LogP contribution in [-0.2, 0) is 11.2 Å². The predicted molar refractivity (Wildman–Crippen MR) is 131 cm³/mol. The van der Waals surface area contributed by atoms with Crippen LogP contribution >= 0.6 is 0 Å². The number of methoxy groups -OCH3 is 2. The number of aromatic nitrogens is 2. The molecule has 3 aromatic carbocycles. The molecule has 1 aromatic heterocycles. The van der Waals surface area contributed by atoms with Gasteiger partial charge in [0.25, 0.3) is 0 Å². The van der Waals surface area contributed by atoms with Gasteiger partial charge in [-0.3, -0.25) is 9.69 Å². The average Bonchev–Trinajstić information content (AvgIpc) is 2.89. The second-order valence-electron chi connectivity index (χ2n) is 7.95. The van der Waals surface area contributed by atoms with Gasteiger partial charge in [0.15, 0.2) is 0 Å². The van der Waals surface area contributed by atoms with Crippen molar-refractivity contribution in [3.05, 3.63) is 96.2 Å². The van der Waals surface area contributed by atoms with Gasteiger partial charge in [-0.15, -0.1) is 0 Å².